The fraction of sp³-hybridized carbons (Fsp3) is 0.188. The van der Waals surface area contributed by atoms with Gasteiger partial charge in [-0.05, 0) is 17.7 Å². The van der Waals surface area contributed by atoms with Crippen LogP contribution < -0.4 is 0 Å². The number of hydrogen-bond acceptors (Lipinski definition) is 2. The monoisotopic (exact) mass is 318 g/mol. The molecule has 0 amide bonds. The van der Waals surface area contributed by atoms with E-state index in [4.69, 9.17) is 4.74 Å². The first-order valence-electron chi connectivity index (χ1n) is 6.14. The fourth-order valence-electron chi connectivity index (χ4n) is 1.79. The predicted octanol–water partition coefficient (Wildman–Crippen LogP) is 4.02. The van der Waals surface area contributed by atoms with Crippen molar-refractivity contribution in [2.24, 2.45) is 0 Å². The Balaban J connectivity index is 1.96. The van der Waals surface area contributed by atoms with E-state index < -0.39 is 0 Å². The molecule has 0 aliphatic rings. The lowest BCUT2D eigenvalue weighted by Gasteiger charge is -2.14. The third-order valence-electron chi connectivity index (χ3n) is 2.88. The molecule has 0 saturated carbocycles. The molecule has 0 aliphatic heterocycles. The Kier molecular flexibility index (Phi) is 5.16. The van der Waals surface area contributed by atoms with Crippen LogP contribution in [0.5, 0.6) is 0 Å². The molecular weight excluding hydrogens is 304 g/mol. The van der Waals surface area contributed by atoms with Gasteiger partial charge in [-0.3, -0.25) is 0 Å². The van der Waals surface area contributed by atoms with Crippen LogP contribution in [0.15, 0.2) is 60.7 Å². The van der Waals surface area contributed by atoms with Crippen molar-refractivity contribution >= 4 is 21.9 Å². The summed E-state index contributed by atoms with van der Waals surface area (Å²) in [6.45, 7) is 0.378. The summed E-state index contributed by atoms with van der Waals surface area (Å²) >= 11 is 3.47. The summed E-state index contributed by atoms with van der Waals surface area (Å²) in [5.74, 6) is -0.101. The van der Waals surface area contributed by atoms with Gasteiger partial charge in [0.1, 0.15) is 0 Å². The van der Waals surface area contributed by atoms with Gasteiger partial charge in [-0.25, -0.2) is 4.79 Å². The van der Waals surface area contributed by atoms with Crippen LogP contribution >= 0.6 is 15.9 Å². The normalized spacial score (nSPS) is 11.8. The topological polar surface area (TPSA) is 26.3 Å². The van der Waals surface area contributed by atoms with E-state index >= 15 is 0 Å². The zero-order valence-electron chi connectivity index (χ0n) is 10.5. The van der Waals surface area contributed by atoms with Crippen LogP contribution in [-0.4, -0.2) is 17.9 Å². The van der Waals surface area contributed by atoms with Crippen LogP contribution in [0.4, 0.5) is 0 Å². The smallest absolute Gasteiger partial charge is 0.338 e. The molecule has 0 heterocycles. The van der Waals surface area contributed by atoms with E-state index in [0.29, 0.717) is 12.2 Å². The van der Waals surface area contributed by atoms with Crippen LogP contribution in [0.25, 0.3) is 0 Å². The Hall–Kier alpha value is -1.61. The molecule has 0 N–H and O–H groups in total. The van der Waals surface area contributed by atoms with Crippen molar-refractivity contribution in [2.45, 2.75) is 5.92 Å². The van der Waals surface area contributed by atoms with E-state index in [9.17, 15) is 4.79 Å². The molecule has 2 nitrogen and oxygen atoms in total. The molecule has 0 radical (unpaired) electrons. The number of carbonyl (C=O) groups excluding carboxylic acids is 1. The van der Waals surface area contributed by atoms with Gasteiger partial charge in [-0.1, -0.05) is 64.5 Å². The molecule has 1 unspecified atom stereocenters. The minimum atomic E-state index is -0.275. The number of alkyl halides is 1. The Labute approximate surface area is 121 Å². The Morgan fingerprint density at radius 3 is 2.16 bits per heavy atom. The standard InChI is InChI=1S/C16H15BrO2/c17-11-15(13-7-3-1-4-8-13)12-19-16(18)14-9-5-2-6-10-14/h1-10,15H,11-12H2. The number of ether oxygens (including phenoxy) is 1. The quantitative estimate of drug-likeness (QED) is 0.614. The molecule has 0 spiro atoms. The second-order valence-corrected chi connectivity index (χ2v) is 4.87. The molecule has 0 aliphatic carbocycles. The molecule has 0 saturated heterocycles. The van der Waals surface area contributed by atoms with Gasteiger partial charge < -0.3 is 4.74 Å². The number of esters is 1. The molecule has 1 atom stereocenters. The fourth-order valence-corrected chi connectivity index (χ4v) is 2.35. The van der Waals surface area contributed by atoms with Gasteiger partial charge >= 0.3 is 5.97 Å². The average molecular weight is 319 g/mol. The number of halogens is 1. The highest BCUT2D eigenvalue weighted by atomic mass is 79.9. The van der Waals surface area contributed by atoms with E-state index in [1.54, 1.807) is 12.1 Å². The predicted molar refractivity (Wildman–Crippen MR) is 79.7 cm³/mol. The van der Waals surface area contributed by atoms with Gasteiger partial charge in [0, 0.05) is 11.2 Å². The summed E-state index contributed by atoms with van der Waals surface area (Å²) < 4.78 is 5.37. The highest BCUT2D eigenvalue weighted by Crippen LogP contribution is 2.18. The third-order valence-corrected chi connectivity index (χ3v) is 3.66. The maximum absolute atomic E-state index is 11.9. The van der Waals surface area contributed by atoms with Crippen molar-refractivity contribution < 1.29 is 9.53 Å². The highest BCUT2D eigenvalue weighted by Gasteiger charge is 2.13. The summed E-state index contributed by atoms with van der Waals surface area (Å²) in [5.41, 5.74) is 1.75. The van der Waals surface area contributed by atoms with E-state index in [1.807, 2.05) is 48.5 Å². The lowest BCUT2D eigenvalue weighted by molar-refractivity contribution is 0.0487. The SMILES string of the molecule is O=C(OCC(CBr)c1ccccc1)c1ccccc1. The van der Waals surface area contributed by atoms with Gasteiger partial charge in [-0.2, -0.15) is 0 Å². The first-order valence-corrected chi connectivity index (χ1v) is 7.26. The molecule has 2 rings (SSSR count). The van der Waals surface area contributed by atoms with E-state index in [0.717, 1.165) is 5.33 Å². The largest absolute Gasteiger partial charge is 0.461 e. The molecule has 3 heteroatoms. The van der Waals surface area contributed by atoms with Crippen molar-refractivity contribution in [2.75, 3.05) is 11.9 Å². The van der Waals surface area contributed by atoms with Crippen molar-refractivity contribution in [3.8, 4) is 0 Å². The van der Waals surface area contributed by atoms with Crippen molar-refractivity contribution in [3.05, 3.63) is 71.8 Å². The second kappa shape index (κ2) is 7.10. The first-order chi connectivity index (χ1) is 9.31. The number of hydrogen-bond donors (Lipinski definition) is 0. The van der Waals surface area contributed by atoms with Gasteiger partial charge in [0.05, 0.1) is 12.2 Å². The second-order valence-electron chi connectivity index (χ2n) is 4.23. The van der Waals surface area contributed by atoms with Crippen LogP contribution in [0.2, 0.25) is 0 Å². The molecule has 0 fully saturated rings. The summed E-state index contributed by atoms with van der Waals surface area (Å²) in [5, 5.41) is 0.763. The summed E-state index contributed by atoms with van der Waals surface area (Å²) in [6, 6.07) is 19.1. The Bertz CT molecular complexity index is 511. The molecule has 19 heavy (non-hydrogen) atoms. The summed E-state index contributed by atoms with van der Waals surface area (Å²) in [7, 11) is 0. The zero-order valence-corrected chi connectivity index (χ0v) is 12.0. The maximum atomic E-state index is 11.9. The average Bonchev–Trinajstić information content (AvgIpc) is 2.49. The van der Waals surface area contributed by atoms with Gasteiger partial charge in [0.15, 0.2) is 0 Å². The molecule has 2 aromatic carbocycles. The van der Waals surface area contributed by atoms with E-state index in [1.165, 1.54) is 5.56 Å². The Morgan fingerprint density at radius 1 is 1.00 bits per heavy atom. The van der Waals surface area contributed by atoms with Crippen molar-refractivity contribution in [1.82, 2.24) is 0 Å². The minimum absolute atomic E-state index is 0.175. The lowest BCUT2D eigenvalue weighted by Crippen LogP contribution is -2.14. The number of rotatable bonds is 5. The van der Waals surface area contributed by atoms with Crippen LogP contribution in [-0.2, 0) is 4.74 Å². The number of carbonyl (C=O) groups is 1. The van der Waals surface area contributed by atoms with Crippen molar-refractivity contribution in [3.63, 3.8) is 0 Å². The van der Waals surface area contributed by atoms with Crippen LogP contribution in [0.3, 0.4) is 0 Å². The van der Waals surface area contributed by atoms with Gasteiger partial charge in [-0.15, -0.1) is 0 Å². The van der Waals surface area contributed by atoms with E-state index in [2.05, 4.69) is 15.9 Å². The van der Waals surface area contributed by atoms with Crippen LogP contribution in [0.1, 0.15) is 21.8 Å². The first kappa shape index (κ1) is 13.8. The maximum Gasteiger partial charge on any atom is 0.338 e. The van der Waals surface area contributed by atoms with Crippen molar-refractivity contribution in [1.29, 1.82) is 0 Å². The third kappa shape index (κ3) is 3.93. The summed E-state index contributed by atoms with van der Waals surface area (Å²) in [4.78, 5) is 11.9. The minimum Gasteiger partial charge on any atom is -0.461 e. The highest BCUT2D eigenvalue weighted by molar-refractivity contribution is 9.09. The summed E-state index contributed by atoms with van der Waals surface area (Å²) in [6.07, 6.45) is 0. The molecule has 0 bridgehead atoms. The Morgan fingerprint density at radius 2 is 1.58 bits per heavy atom. The lowest BCUT2D eigenvalue weighted by atomic mass is 10.0. The zero-order chi connectivity index (χ0) is 13.5. The van der Waals surface area contributed by atoms with E-state index in [-0.39, 0.29) is 11.9 Å². The van der Waals surface area contributed by atoms with Crippen LogP contribution in [0, 0.1) is 0 Å². The molecule has 0 aromatic heterocycles. The van der Waals surface area contributed by atoms with Gasteiger partial charge in [0.2, 0.25) is 0 Å². The number of benzene rings is 2. The van der Waals surface area contributed by atoms with Gasteiger partial charge in [0.25, 0.3) is 0 Å². The molecular formula is C16H15BrO2. The molecule has 98 valence electrons. The molecule has 2 aromatic rings.